The number of nitrogens with one attached hydrogen (secondary N) is 1. The summed E-state index contributed by atoms with van der Waals surface area (Å²) in [6.07, 6.45) is 0. The van der Waals surface area contributed by atoms with Crippen LogP contribution in [0, 0.1) is 13.8 Å². The Morgan fingerprint density at radius 3 is 2.23 bits per heavy atom. The SMILES string of the molecule is Cc1ccc(NC2=C(Sc3ccccc3)C(=O)N(c3ccc(Cl)cc3C)C2=O)cc1. The Morgan fingerprint density at radius 2 is 1.57 bits per heavy atom. The monoisotopic (exact) mass is 434 g/mol. The second-order valence-electron chi connectivity index (χ2n) is 6.99. The highest BCUT2D eigenvalue weighted by Crippen LogP contribution is 2.39. The van der Waals surface area contributed by atoms with Crippen LogP contribution in [-0.4, -0.2) is 11.8 Å². The number of benzene rings is 3. The van der Waals surface area contributed by atoms with E-state index in [1.165, 1.54) is 16.7 Å². The number of nitrogens with zero attached hydrogens (tertiary/aromatic N) is 1. The van der Waals surface area contributed by atoms with Crippen LogP contribution in [0.5, 0.6) is 0 Å². The molecule has 4 rings (SSSR count). The van der Waals surface area contributed by atoms with Crippen molar-refractivity contribution in [3.05, 3.63) is 99.5 Å². The minimum atomic E-state index is -0.385. The highest BCUT2D eigenvalue weighted by molar-refractivity contribution is 8.04. The van der Waals surface area contributed by atoms with Crippen molar-refractivity contribution < 1.29 is 9.59 Å². The number of rotatable bonds is 5. The maximum Gasteiger partial charge on any atom is 0.283 e. The molecule has 3 aromatic carbocycles. The van der Waals surface area contributed by atoms with Crippen LogP contribution in [0.15, 0.2) is 88.3 Å². The van der Waals surface area contributed by atoms with Crippen LogP contribution in [0.1, 0.15) is 11.1 Å². The second-order valence-corrected chi connectivity index (χ2v) is 8.51. The standard InChI is InChI=1S/C24H19ClN2O2S/c1-15-8-11-18(12-9-15)26-21-22(30-19-6-4-3-5-7-19)24(29)27(23(21)28)20-13-10-17(25)14-16(20)2/h3-14,26H,1-2H3. The third-order valence-electron chi connectivity index (χ3n) is 4.73. The summed E-state index contributed by atoms with van der Waals surface area (Å²) in [4.78, 5) is 29.2. The first kappa shape index (κ1) is 20.3. The first-order valence-corrected chi connectivity index (χ1v) is 10.6. The average Bonchev–Trinajstić information content (AvgIpc) is 2.95. The molecule has 3 aromatic rings. The van der Waals surface area contributed by atoms with Crippen molar-refractivity contribution in [3.63, 3.8) is 0 Å². The number of halogens is 1. The Kier molecular flexibility index (Phi) is 5.66. The van der Waals surface area contributed by atoms with Gasteiger partial charge in [0.1, 0.15) is 10.6 Å². The minimum Gasteiger partial charge on any atom is -0.350 e. The summed E-state index contributed by atoms with van der Waals surface area (Å²) in [7, 11) is 0. The fourth-order valence-electron chi connectivity index (χ4n) is 3.19. The quantitative estimate of drug-likeness (QED) is 0.504. The molecule has 6 heteroatoms. The molecule has 150 valence electrons. The molecule has 0 saturated heterocycles. The van der Waals surface area contributed by atoms with E-state index in [1.54, 1.807) is 18.2 Å². The summed E-state index contributed by atoms with van der Waals surface area (Å²) in [6.45, 7) is 3.83. The first-order valence-electron chi connectivity index (χ1n) is 9.40. The average molecular weight is 435 g/mol. The van der Waals surface area contributed by atoms with E-state index in [4.69, 9.17) is 11.6 Å². The fraction of sp³-hybridized carbons (Fsp3) is 0.0833. The number of aryl methyl sites for hydroxylation is 2. The molecule has 1 N–H and O–H groups in total. The predicted molar refractivity (Wildman–Crippen MR) is 123 cm³/mol. The lowest BCUT2D eigenvalue weighted by Crippen LogP contribution is -2.32. The molecule has 0 spiro atoms. The Bertz CT molecular complexity index is 1160. The molecule has 0 saturated carbocycles. The smallest absolute Gasteiger partial charge is 0.283 e. The number of imide groups is 1. The summed E-state index contributed by atoms with van der Waals surface area (Å²) in [6, 6.07) is 22.3. The van der Waals surface area contributed by atoms with E-state index in [-0.39, 0.29) is 17.5 Å². The third kappa shape index (κ3) is 3.99. The van der Waals surface area contributed by atoms with Gasteiger partial charge in [0.15, 0.2) is 0 Å². The van der Waals surface area contributed by atoms with E-state index in [1.807, 2.05) is 68.4 Å². The highest BCUT2D eigenvalue weighted by atomic mass is 35.5. The second kappa shape index (κ2) is 8.38. The van der Waals surface area contributed by atoms with Gasteiger partial charge in [-0.2, -0.15) is 0 Å². The molecule has 30 heavy (non-hydrogen) atoms. The normalized spacial score (nSPS) is 13.9. The van der Waals surface area contributed by atoms with Crippen molar-refractivity contribution in [1.82, 2.24) is 0 Å². The summed E-state index contributed by atoms with van der Waals surface area (Å²) < 4.78 is 0. The van der Waals surface area contributed by atoms with Crippen LogP contribution in [0.2, 0.25) is 5.02 Å². The van der Waals surface area contributed by atoms with Crippen molar-refractivity contribution in [1.29, 1.82) is 0 Å². The van der Waals surface area contributed by atoms with Crippen LogP contribution in [-0.2, 0) is 9.59 Å². The molecule has 0 aromatic heterocycles. The molecule has 4 nitrogen and oxygen atoms in total. The third-order valence-corrected chi connectivity index (χ3v) is 6.05. The molecule has 1 aliphatic heterocycles. The van der Waals surface area contributed by atoms with Crippen LogP contribution in [0.3, 0.4) is 0 Å². The number of thioether (sulfide) groups is 1. The van der Waals surface area contributed by atoms with Gasteiger partial charge in [-0.15, -0.1) is 0 Å². The van der Waals surface area contributed by atoms with E-state index >= 15 is 0 Å². The number of carbonyl (C=O) groups excluding carboxylic acids is 2. The zero-order valence-corrected chi connectivity index (χ0v) is 18.1. The molecular weight excluding hydrogens is 416 g/mol. The van der Waals surface area contributed by atoms with E-state index in [0.29, 0.717) is 15.6 Å². The van der Waals surface area contributed by atoms with Gasteiger partial charge in [-0.25, -0.2) is 4.90 Å². The molecule has 1 heterocycles. The van der Waals surface area contributed by atoms with Crippen molar-refractivity contribution in [2.75, 3.05) is 10.2 Å². The number of anilines is 2. The van der Waals surface area contributed by atoms with Gasteiger partial charge >= 0.3 is 0 Å². The van der Waals surface area contributed by atoms with Gasteiger partial charge < -0.3 is 5.32 Å². The van der Waals surface area contributed by atoms with Gasteiger partial charge in [-0.3, -0.25) is 9.59 Å². The van der Waals surface area contributed by atoms with E-state index in [2.05, 4.69) is 5.32 Å². The van der Waals surface area contributed by atoms with Crippen LogP contribution < -0.4 is 10.2 Å². The Hall–Kier alpha value is -3.02. The summed E-state index contributed by atoms with van der Waals surface area (Å²) in [5, 5.41) is 3.73. The maximum absolute atomic E-state index is 13.4. The lowest BCUT2D eigenvalue weighted by Gasteiger charge is -2.18. The van der Waals surface area contributed by atoms with Crippen molar-refractivity contribution >= 4 is 46.6 Å². The minimum absolute atomic E-state index is 0.270. The molecule has 0 bridgehead atoms. The van der Waals surface area contributed by atoms with Crippen LogP contribution in [0.4, 0.5) is 11.4 Å². The van der Waals surface area contributed by atoms with Crippen LogP contribution in [0.25, 0.3) is 0 Å². The summed E-state index contributed by atoms with van der Waals surface area (Å²) in [5.41, 5.74) is 3.41. The number of hydrogen-bond donors (Lipinski definition) is 1. The Balaban J connectivity index is 1.76. The molecule has 0 fully saturated rings. The lowest BCUT2D eigenvalue weighted by atomic mass is 10.2. The molecule has 0 radical (unpaired) electrons. The number of amides is 2. The largest absolute Gasteiger partial charge is 0.350 e. The van der Waals surface area contributed by atoms with Gasteiger partial charge in [0.05, 0.1) is 5.69 Å². The Labute approximate surface area is 184 Å². The van der Waals surface area contributed by atoms with Gasteiger partial charge in [-0.1, -0.05) is 59.3 Å². The number of carbonyl (C=O) groups is 2. The van der Waals surface area contributed by atoms with Crippen molar-refractivity contribution in [3.8, 4) is 0 Å². The zero-order chi connectivity index (χ0) is 21.3. The van der Waals surface area contributed by atoms with Crippen molar-refractivity contribution in [2.45, 2.75) is 18.7 Å². The van der Waals surface area contributed by atoms with Gasteiger partial charge in [-0.05, 0) is 61.9 Å². The molecule has 0 aliphatic carbocycles. The van der Waals surface area contributed by atoms with Gasteiger partial charge in [0.2, 0.25) is 0 Å². The summed E-state index contributed by atoms with van der Waals surface area (Å²) >= 11 is 7.35. The zero-order valence-electron chi connectivity index (χ0n) is 16.5. The van der Waals surface area contributed by atoms with Gasteiger partial charge in [0, 0.05) is 15.6 Å². The van der Waals surface area contributed by atoms with Crippen molar-refractivity contribution in [2.24, 2.45) is 0 Å². The molecule has 0 unspecified atom stereocenters. The van der Waals surface area contributed by atoms with Gasteiger partial charge in [0.25, 0.3) is 11.8 Å². The molecular formula is C24H19ClN2O2S. The Morgan fingerprint density at radius 1 is 0.867 bits per heavy atom. The predicted octanol–water partition coefficient (Wildman–Crippen LogP) is 5.95. The first-order chi connectivity index (χ1) is 14.4. The number of hydrogen-bond acceptors (Lipinski definition) is 4. The fourth-order valence-corrected chi connectivity index (χ4v) is 4.37. The van der Waals surface area contributed by atoms with E-state index in [0.717, 1.165) is 21.7 Å². The summed E-state index contributed by atoms with van der Waals surface area (Å²) in [5.74, 6) is -0.738. The highest BCUT2D eigenvalue weighted by Gasteiger charge is 2.40. The van der Waals surface area contributed by atoms with Crippen LogP contribution >= 0.6 is 23.4 Å². The van der Waals surface area contributed by atoms with E-state index in [9.17, 15) is 9.59 Å². The van der Waals surface area contributed by atoms with E-state index < -0.39 is 0 Å². The maximum atomic E-state index is 13.4. The topological polar surface area (TPSA) is 49.4 Å². The molecule has 1 aliphatic rings. The molecule has 0 atom stereocenters. The lowest BCUT2D eigenvalue weighted by molar-refractivity contribution is -0.120. The molecule has 2 amide bonds.